The third-order valence-electron chi connectivity index (χ3n) is 2.58. The fraction of sp³-hybridized carbons (Fsp3) is 0.889. The van der Waals surface area contributed by atoms with E-state index >= 15 is 0 Å². The number of likely N-dealkylation sites (tertiary alicyclic amines) is 1. The highest BCUT2D eigenvalue weighted by molar-refractivity contribution is 8.00. The van der Waals surface area contributed by atoms with Crippen LogP contribution in [0.1, 0.15) is 19.3 Å². The molecule has 16 heavy (non-hydrogen) atoms. The van der Waals surface area contributed by atoms with Gasteiger partial charge in [-0.1, -0.05) is 0 Å². The Morgan fingerprint density at radius 2 is 2.12 bits per heavy atom. The van der Waals surface area contributed by atoms with Crippen molar-refractivity contribution in [2.45, 2.75) is 30.8 Å². The first-order valence-electron chi connectivity index (χ1n) is 5.14. The maximum atomic E-state index is 11.9. The third kappa shape index (κ3) is 4.21. The minimum atomic E-state index is -4.34. The molecule has 0 spiro atoms. The van der Waals surface area contributed by atoms with Crippen molar-refractivity contribution in [3.05, 3.63) is 0 Å². The van der Waals surface area contributed by atoms with E-state index in [1.807, 2.05) is 0 Å². The Bertz CT molecular complexity index is 247. The van der Waals surface area contributed by atoms with Gasteiger partial charge in [-0.15, -0.1) is 0 Å². The van der Waals surface area contributed by atoms with Crippen molar-refractivity contribution in [2.75, 3.05) is 18.8 Å². The number of hydrogen-bond acceptors (Lipinski definition) is 3. The van der Waals surface area contributed by atoms with Crippen molar-refractivity contribution in [3.63, 3.8) is 0 Å². The van der Waals surface area contributed by atoms with E-state index in [0.29, 0.717) is 13.1 Å². The highest BCUT2D eigenvalue weighted by atomic mass is 32.2. The van der Waals surface area contributed by atoms with Crippen molar-refractivity contribution in [3.8, 4) is 0 Å². The quantitative estimate of drug-likeness (QED) is 0.834. The lowest BCUT2D eigenvalue weighted by molar-refractivity contribution is -0.131. The number of piperidine rings is 1. The Kier molecular flexibility index (Phi) is 4.91. The fourth-order valence-electron chi connectivity index (χ4n) is 1.80. The molecule has 7 heteroatoms. The minimum absolute atomic E-state index is 0.0879. The first-order chi connectivity index (χ1) is 7.44. The molecular weight excluding hydrogens is 241 g/mol. The molecule has 1 saturated heterocycles. The van der Waals surface area contributed by atoms with Crippen LogP contribution in [-0.4, -0.2) is 41.2 Å². The predicted octanol–water partition coefficient (Wildman–Crippen LogP) is 1.58. The Hall–Kier alpha value is -0.430. The van der Waals surface area contributed by atoms with Gasteiger partial charge in [0.15, 0.2) is 0 Å². The zero-order valence-corrected chi connectivity index (χ0v) is 9.61. The molecule has 0 aromatic heterocycles. The molecule has 0 bridgehead atoms. The molecule has 94 valence electrons. The van der Waals surface area contributed by atoms with Crippen LogP contribution in [0, 0.1) is 0 Å². The lowest BCUT2D eigenvalue weighted by Gasteiger charge is -2.35. The third-order valence-corrected chi connectivity index (χ3v) is 3.30. The van der Waals surface area contributed by atoms with E-state index in [1.54, 1.807) is 0 Å². The zero-order chi connectivity index (χ0) is 12.2. The van der Waals surface area contributed by atoms with Crippen molar-refractivity contribution in [1.29, 1.82) is 0 Å². The van der Waals surface area contributed by atoms with Crippen LogP contribution in [0.2, 0.25) is 0 Å². The highest BCUT2D eigenvalue weighted by Gasteiger charge is 2.32. The van der Waals surface area contributed by atoms with Gasteiger partial charge in [-0.05, 0) is 31.0 Å². The average Bonchev–Trinajstić information content (AvgIpc) is 2.25. The molecule has 1 aliphatic heterocycles. The first-order valence-corrected chi connectivity index (χ1v) is 6.13. The Morgan fingerprint density at radius 3 is 2.69 bits per heavy atom. The lowest BCUT2D eigenvalue weighted by Crippen LogP contribution is -2.48. The largest absolute Gasteiger partial charge is 0.442 e. The summed E-state index contributed by atoms with van der Waals surface area (Å²) in [6.07, 6.45) is 2.62. The average molecular weight is 256 g/mol. The van der Waals surface area contributed by atoms with Crippen LogP contribution in [-0.2, 0) is 4.79 Å². The Balaban J connectivity index is 2.45. The van der Waals surface area contributed by atoms with Crippen LogP contribution in [0.3, 0.4) is 0 Å². The summed E-state index contributed by atoms with van der Waals surface area (Å²) in [5, 5.41) is 0. The molecule has 3 nitrogen and oxygen atoms in total. The number of thioether (sulfide) groups is 1. The van der Waals surface area contributed by atoms with E-state index in [-0.39, 0.29) is 17.8 Å². The fourth-order valence-corrected chi connectivity index (χ4v) is 2.25. The molecule has 1 aliphatic rings. The van der Waals surface area contributed by atoms with E-state index in [1.165, 1.54) is 4.90 Å². The second-order valence-electron chi connectivity index (χ2n) is 3.71. The summed E-state index contributed by atoms with van der Waals surface area (Å²) in [5.74, 6) is -1.00. The lowest BCUT2D eigenvalue weighted by atomic mass is 10.0. The minimum Gasteiger partial charge on any atom is -0.338 e. The van der Waals surface area contributed by atoms with Crippen LogP contribution >= 0.6 is 11.8 Å². The zero-order valence-electron chi connectivity index (χ0n) is 8.79. The predicted molar refractivity (Wildman–Crippen MR) is 56.9 cm³/mol. The molecule has 0 aromatic rings. The van der Waals surface area contributed by atoms with Crippen LogP contribution in [0.4, 0.5) is 13.2 Å². The van der Waals surface area contributed by atoms with Gasteiger partial charge in [0, 0.05) is 19.1 Å². The molecule has 0 aliphatic carbocycles. The van der Waals surface area contributed by atoms with Gasteiger partial charge in [-0.3, -0.25) is 4.79 Å². The summed E-state index contributed by atoms with van der Waals surface area (Å²) in [4.78, 5) is 13.1. The number of nitrogens with two attached hydrogens (primary N) is 1. The molecule has 1 fully saturated rings. The number of nitrogens with zero attached hydrogens (tertiary/aromatic N) is 1. The number of alkyl halides is 3. The van der Waals surface area contributed by atoms with Gasteiger partial charge in [-0.2, -0.15) is 13.2 Å². The van der Waals surface area contributed by atoms with Gasteiger partial charge < -0.3 is 10.6 Å². The van der Waals surface area contributed by atoms with E-state index < -0.39 is 17.2 Å². The normalized spacial score (nSPS) is 22.2. The molecular formula is C9H15F3N2OS. The van der Waals surface area contributed by atoms with E-state index in [0.717, 1.165) is 19.3 Å². The Labute approximate surface area is 96.5 Å². The van der Waals surface area contributed by atoms with E-state index in [4.69, 9.17) is 5.73 Å². The molecule has 0 radical (unpaired) electrons. The maximum Gasteiger partial charge on any atom is 0.442 e. The molecule has 1 amide bonds. The molecule has 1 unspecified atom stereocenters. The number of carbonyl (C=O) groups is 1. The molecule has 1 heterocycles. The second kappa shape index (κ2) is 5.77. The van der Waals surface area contributed by atoms with Crippen molar-refractivity contribution in [2.24, 2.45) is 5.73 Å². The number of hydrogen-bond donors (Lipinski definition) is 1. The van der Waals surface area contributed by atoms with E-state index in [9.17, 15) is 18.0 Å². The Morgan fingerprint density at radius 1 is 1.44 bits per heavy atom. The SMILES string of the molecule is NCC1CCCCN1C(=O)CSC(F)(F)F. The van der Waals surface area contributed by atoms with Crippen LogP contribution < -0.4 is 5.73 Å². The molecule has 0 aromatic carbocycles. The topological polar surface area (TPSA) is 46.3 Å². The van der Waals surface area contributed by atoms with Crippen LogP contribution in [0.15, 0.2) is 0 Å². The maximum absolute atomic E-state index is 11.9. The number of halogens is 3. The highest BCUT2D eigenvalue weighted by Crippen LogP contribution is 2.30. The van der Waals surface area contributed by atoms with Gasteiger partial charge >= 0.3 is 5.51 Å². The summed E-state index contributed by atoms with van der Waals surface area (Å²) in [6.45, 7) is 0.849. The molecule has 2 N–H and O–H groups in total. The van der Waals surface area contributed by atoms with Gasteiger partial charge in [0.2, 0.25) is 5.91 Å². The summed E-state index contributed by atoms with van der Waals surface area (Å²) in [7, 11) is 0. The van der Waals surface area contributed by atoms with Gasteiger partial charge in [0.25, 0.3) is 0 Å². The summed E-state index contributed by atoms with van der Waals surface area (Å²) in [5.41, 5.74) is 1.15. The molecule has 0 saturated carbocycles. The van der Waals surface area contributed by atoms with Gasteiger partial charge in [0.1, 0.15) is 0 Å². The number of carbonyl (C=O) groups excluding carboxylic acids is 1. The monoisotopic (exact) mass is 256 g/mol. The van der Waals surface area contributed by atoms with Gasteiger partial charge in [0.05, 0.1) is 5.75 Å². The van der Waals surface area contributed by atoms with Gasteiger partial charge in [-0.25, -0.2) is 0 Å². The number of rotatable bonds is 3. The summed E-state index contributed by atoms with van der Waals surface area (Å²) < 4.78 is 35.8. The molecule has 1 atom stereocenters. The van der Waals surface area contributed by atoms with Crippen LogP contribution in [0.25, 0.3) is 0 Å². The summed E-state index contributed by atoms with van der Waals surface area (Å²) >= 11 is -0.284. The molecule has 1 rings (SSSR count). The standard InChI is InChI=1S/C9H15F3N2OS/c10-9(11,12)16-6-8(15)14-4-2-1-3-7(14)5-13/h7H,1-6,13H2. The van der Waals surface area contributed by atoms with E-state index in [2.05, 4.69) is 0 Å². The smallest absolute Gasteiger partial charge is 0.338 e. The number of amides is 1. The van der Waals surface area contributed by atoms with Crippen molar-refractivity contribution in [1.82, 2.24) is 4.90 Å². The van der Waals surface area contributed by atoms with Crippen LogP contribution in [0.5, 0.6) is 0 Å². The first kappa shape index (κ1) is 13.6. The van der Waals surface area contributed by atoms with Crippen molar-refractivity contribution < 1.29 is 18.0 Å². The second-order valence-corrected chi connectivity index (χ2v) is 4.75. The van der Waals surface area contributed by atoms with Crippen molar-refractivity contribution >= 4 is 17.7 Å². The summed E-state index contributed by atoms with van der Waals surface area (Å²) in [6, 6.07) is -0.0879.